The molecule has 0 radical (unpaired) electrons. The van der Waals surface area contributed by atoms with Crippen molar-refractivity contribution in [2.45, 2.75) is 18.9 Å². The second-order valence-corrected chi connectivity index (χ2v) is 7.98. The molecule has 0 saturated carbocycles. The lowest BCUT2D eigenvalue weighted by molar-refractivity contribution is 0.354. The van der Waals surface area contributed by atoms with E-state index >= 15 is 0 Å². The van der Waals surface area contributed by atoms with E-state index in [1.807, 2.05) is 54.7 Å². The van der Waals surface area contributed by atoms with Crippen LogP contribution in [0.25, 0.3) is 11.3 Å². The number of anilines is 1. The molecule has 166 valence electrons. The molecule has 6 heteroatoms. The number of halogens is 1. The van der Waals surface area contributed by atoms with Crippen LogP contribution in [0, 0.1) is 5.82 Å². The summed E-state index contributed by atoms with van der Waals surface area (Å²) in [5.41, 5.74) is 5.73. The number of hydrogen-bond acceptors (Lipinski definition) is 5. The third-order valence-electron chi connectivity index (χ3n) is 6.06. The molecule has 0 spiro atoms. The Bertz CT molecular complexity index is 1310. The van der Waals surface area contributed by atoms with Crippen molar-refractivity contribution in [1.82, 2.24) is 9.97 Å². The molecule has 0 bridgehead atoms. The molecule has 0 fully saturated rings. The highest BCUT2D eigenvalue weighted by Crippen LogP contribution is 2.42. The summed E-state index contributed by atoms with van der Waals surface area (Å²) in [5, 5.41) is 3.30. The van der Waals surface area contributed by atoms with Gasteiger partial charge in [-0.1, -0.05) is 48.5 Å². The zero-order chi connectivity index (χ0) is 22.8. The first-order valence-corrected chi connectivity index (χ1v) is 10.8. The molecular formula is C27H24FN3O2. The van der Waals surface area contributed by atoms with E-state index < -0.39 is 0 Å². The highest BCUT2D eigenvalue weighted by atomic mass is 19.1. The Kier molecular flexibility index (Phi) is 5.65. The summed E-state index contributed by atoms with van der Waals surface area (Å²) < 4.78 is 25.3. The summed E-state index contributed by atoms with van der Waals surface area (Å²) in [6.07, 6.45) is 2.51. The minimum atomic E-state index is -0.185. The fraction of sp³-hybridized carbons (Fsp3) is 0.185. The quantitative estimate of drug-likeness (QED) is 0.422. The Morgan fingerprint density at radius 2 is 1.70 bits per heavy atom. The zero-order valence-corrected chi connectivity index (χ0v) is 18.5. The lowest BCUT2D eigenvalue weighted by Crippen LogP contribution is -2.16. The monoisotopic (exact) mass is 441 g/mol. The second-order valence-electron chi connectivity index (χ2n) is 7.98. The predicted octanol–water partition coefficient (Wildman–Crippen LogP) is 5.60. The van der Waals surface area contributed by atoms with Crippen LogP contribution in [0.2, 0.25) is 0 Å². The molecule has 5 rings (SSSR count). The first-order valence-electron chi connectivity index (χ1n) is 10.8. The molecule has 1 aromatic heterocycles. The Labute approximate surface area is 192 Å². The molecule has 3 aromatic carbocycles. The average molecular weight is 442 g/mol. The van der Waals surface area contributed by atoms with Crippen molar-refractivity contribution >= 4 is 5.95 Å². The van der Waals surface area contributed by atoms with Crippen LogP contribution >= 0.6 is 0 Å². The van der Waals surface area contributed by atoms with Gasteiger partial charge in [-0.2, -0.15) is 0 Å². The first-order chi connectivity index (χ1) is 16.2. The Morgan fingerprint density at radius 3 is 2.48 bits per heavy atom. The van der Waals surface area contributed by atoms with Gasteiger partial charge in [0.1, 0.15) is 5.82 Å². The lowest BCUT2D eigenvalue weighted by atomic mass is 9.78. The number of ether oxygens (including phenoxy) is 2. The van der Waals surface area contributed by atoms with Gasteiger partial charge in [0.25, 0.3) is 0 Å². The number of nitrogens with one attached hydrogen (secondary N) is 1. The lowest BCUT2D eigenvalue weighted by Gasteiger charge is -2.27. The highest BCUT2D eigenvalue weighted by Gasteiger charge is 2.28. The van der Waals surface area contributed by atoms with Crippen LogP contribution in [0.4, 0.5) is 10.3 Å². The van der Waals surface area contributed by atoms with E-state index in [1.54, 1.807) is 20.3 Å². The topological polar surface area (TPSA) is 56.3 Å². The fourth-order valence-electron chi connectivity index (χ4n) is 4.43. The van der Waals surface area contributed by atoms with Gasteiger partial charge in [-0.25, -0.2) is 14.4 Å². The SMILES string of the molecule is COc1ccc(CNc2ncc3c(n2)-c2ccccc2C(c2ccccc2F)C3)cc1OC. The van der Waals surface area contributed by atoms with Gasteiger partial charge in [0.15, 0.2) is 11.5 Å². The number of benzene rings is 3. The number of hydrogen-bond donors (Lipinski definition) is 1. The maximum atomic E-state index is 14.6. The van der Waals surface area contributed by atoms with Crippen LogP contribution in [-0.4, -0.2) is 24.2 Å². The van der Waals surface area contributed by atoms with E-state index in [0.29, 0.717) is 36.0 Å². The van der Waals surface area contributed by atoms with Crippen molar-refractivity contribution in [3.05, 3.63) is 101 Å². The zero-order valence-electron chi connectivity index (χ0n) is 18.5. The third-order valence-corrected chi connectivity index (χ3v) is 6.06. The molecule has 4 aromatic rings. The molecule has 5 nitrogen and oxygen atoms in total. The van der Waals surface area contributed by atoms with Gasteiger partial charge in [-0.15, -0.1) is 0 Å². The van der Waals surface area contributed by atoms with E-state index in [9.17, 15) is 4.39 Å². The van der Waals surface area contributed by atoms with Crippen molar-refractivity contribution < 1.29 is 13.9 Å². The predicted molar refractivity (Wildman–Crippen MR) is 126 cm³/mol. The van der Waals surface area contributed by atoms with Gasteiger partial charge >= 0.3 is 0 Å². The highest BCUT2D eigenvalue weighted by molar-refractivity contribution is 5.72. The smallest absolute Gasteiger partial charge is 0.223 e. The Morgan fingerprint density at radius 1 is 0.939 bits per heavy atom. The van der Waals surface area contributed by atoms with Gasteiger partial charge in [0, 0.05) is 24.2 Å². The maximum Gasteiger partial charge on any atom is 0.223 e. The molecular weight excluding hydrogens is 417 g/mol. The van der Waals surface area contributed by atoms with Gasteiger partial charge in [0.05, 0.1) is 19.9 Å². The van der Waals surface area contributed by atoms with E-state index in [2.05, 4.69) is 16.4 Å². The largest absolute Gasteiger partial charge is 0.493 e. The average Bonchev–Trinajstić information content (AvgIpc) is 2.87. The van der Waals surface area contributed by atoms with Gasteiger partial charge in [-0.05, 0) is 46.9 Å². The van der Waals surface area contributed by atoms with Crippen LogP contribution in [-0.2, 0) is 13.0 Å². The summed E-state index contributed by atoms with van der Waals surface area (Å²) in [6, 6.07) is 20.9. The van der Waals surface area contributed by atoms with E-state index in [-0.39, 0.29) is 11.7 Å². The first kappa shape index (κ1) is 20.9. The van der Waals surface area contributed by atoms with Gasteiger partial charge in [-0.3, -0.25) is 0 Å². The summed E-state index contributed by atoms with van der Waals surface area (Å²) in [4.78, 5) is 9.36. The number of rotatable bonds is 6. The summed E-state index contributed by atoms with van der Waals surface area (Å²) >= 11 is 0. The standard InChI is InChI=1S/C27H24FN3O2/c1-32-24-12-11-17(13-25(24)33-2)15-29-27-30-16-18-14-22(20-8-5-6-10-23(20)28)19-7-3-4-9-21(19)26(18)31-27/h3-13,16,22H,14-15H2,1-2H3,(H,29,30,31). The Balaban J connectivity index is 1.44. The van der Waals surface area contributed by atoms with Crippen molar-refractivity contribution in [1.29, 1.82) is 0 Å². The van der Waals surface area contributed by atoms with E-state index in [0.717, 1.165) is 27.9 Å². The van der Waals surface area contributed by atoms with Crippen LogP contribution in [0.15, 0.2) is 72.9 Å². The molecule has 0 aliphatic heterocycles. The number of aromatic nitrogens is 2. The number of fused-ring (bicyclic) bond motifs is 3. The summed E-state index contributed by atoms with van der Waals surface area (Å²) in [7, 11) is 3.24. The molecule has 33 heavy (non-hydrogen) atoms. The van der Waals surface area contributed by atoms with E-state index in [4.69, 9.17) is 14.5 Å². The summed E-state index contributed by atoms with van der Waals surface area (Å²) in [6.45, 7) is 0.540. The van der Waals surface area contributed by atoms with Crippen molar-refractivity contribution in [3.63, 3.8) is 0 Å². The van der Waals surface area contributed by atoms with Gasteiger partial charge in [0.2, 0.25) is 5.95 Å². The van der Waals surface area contributed by atoms with Crippen molar-refractivity contribution in [3.8, 4) is 22.8 Å². The number of methoxy groups -OCH3 is 2. The van der Waals surface area contributed by atoms with Crippen LogP contribution in [0.1, 0.15) is 28.2 Å². The molecule has 1 unspecified atom stereocenters. The molecule has 0 saturated heterocycles. The third kappa shape index (κ3) is 4.00. The molecule has 1 N–H and O–H groups in total. The van der Waals surface area contributed by atoms with Crippen LogP contribution < -0.4 is 14.8 Å². The molecule has 1 aliphatic rings. The van der Waals surface area contributed by atoms with Crippen LogP contribution in [0.5, 0.6) is 11.5 Å². The minimum absolute atomic E-state index is 0.0657. The van der Waals surface area contributed by atoms with Gasteiger partial charge < -0.3 is 14.8 Å². The molecule has 1 heterocycles. The fourth-order valence-corrected chi connectivity index (χ4v) is 4.43. The van der Waals surface area contributed by atoms with Crippen LogP contribution in [0.3, 0.4) is 0 Å². The number of nitrogens with zero attached hydrogens (tertiary/aromatic N) is 2. The van der Waals surface area contributed by atoms with Crippen molar-refractivity contribution in [2.24, 2.45) is 0 Å². The molecule has 0 amide bonds. The molecule has 1 atom stereocenters. The minimum Gasteiger partial charge on any atom is -0.493 e. The van der Waals surface area contributed by atoms with E-state index in [1.165, 1.54) is 6.07 Å². The van der Waals surface area contributed by atoms with Crippen molar-refractivity contribution in [2.75, 3.05) is 19.5 Å². The summed E-state index contributed by atoms with van der Waals surface area (Å²) in [5.74, 6) is 1.66. The second kappa shape index (κ2) is 8.90. The maximum absolute atomic E-state index is 14.6. The normalized spacial score (nSPS) is 14.2. The Hall–Kier alpha value is -3.93. The molecule has 1 aliphatic carbocycles.